The number of anilines is 3. The molecule has 304 valence electrons. The molecule has 0 N–H and O–H groups in total. The zero-order valence-electron chi connectivity index (χ0n) is 36.0. The third kappa shape index (κ3) is 6.87. The van der Waals surface area contributed by atoms with E-state index in [4.69, 9.17) is 0 Å². The summed E-state index contributed by atoms with van der Waals surface area (Å²) in [5, 5.41) is 2.50. The number of rotatable bonds is 9. The van der Waals surface area contributed by atoms with Gasteiger partial charge in [0, 0.05) is 39.1 Å². The third-order valence-corrected chi connectivity index (χ3v) is 12.7. The Kier molecular flexibility index (Phi) is 10.0. The number of nitrogens with zero attached hydrogens (tertiary/aromatic N) is 2. The highest BCUT2D eigenvalue weighted by Crippen LogP contribution is 2.51. The fourth-order valence-corrected chi connectivity index (χ4v) is 9.71. The minimum Gasteiger partial charge on any atom is -0.311 e. The van der Waals surface area contributed by atoms with Gasteiger partial charge in [-0.05, 0) is 130 Å². The lowest BCUT2D eigenvalue weighted by Crippen LogP contribution is -2.10. The molecular formula is C62H46N2. The average molecular weight is 819 g/mol. The number of para-hydroxylation sites is 2. The summed E-state index contributed by atoms with van der Waals surface area (Å²) < 4.78 is 2.48. The second-order valence-electron chi connectivity index (χ2n) is 16.6. The number of aryl methyl sites for hydroxylation is 2. The molecule has 64 heavy (non-hydrogen) atoms. The Morgan fingerprint density at radius 2 is 0.734 bits per heavy atom. The molecular weight excluding hydrogens is 773 g/mol. The van der Waals surface area contributed by atoms with Gasteiger partial charge in [-0.25, -0.2) is 0 Å². The maximum absolute atomic E-state index is 2.48. The van der Waals surface area contributed by atoms with Crippen molar-refractivity contribution < 1.29 is 0 Å². The second kappa shape index (κ2) is 16.6. The molecule has 0 amide bonds. The van der Waals surface area contributed by atoms with Crippen molar-refractivity contribution in [2.75, 3.05) is 4.90 Å². The number of aromatic nitrogens is 1. The molecule has 0 saturated heterocycles. The van der Waals surface area contributed by atoms with Gasteiger partial charge in [-0.15, -0.1) is 0 Å². The molecule has 0 unspecified atom stereocenters. The Balaban J connectivity index is 1.15. The van der Waals surface area contributed by atoms with Gasteiger partial charge in [-0.1, -0.05) is 188 Å². The van der Waals surface area contributed by atoms with Crippen LogP contribution < -0.4 is 4.90 Å². The van der Waals surface area contributed by atoms with E-state index < -0.39 is 0 Å². The Bertz CT molecular complexity index is 3310. The van der Waals surface area contributed by atoms with Crippen LogP contribution in [0.5, 0.6) is 0 Å². The van der Waals surface area contributed by atoms with Gasteiger partial charge in [0.05, 0.1) is 11.0 Å². The average Bonchev–Trinajstić information content (AvgIpc) is 3.71. The van der Waals surface area contributed by atoms with Crippen LogP contribution in [0, 0.1) is 13.8 Å². The van der Waals surface area contributed by atoms with E-state index in [9.17, 15) is 0 Å². The van der Waals surface area contributed by atoms with Crippen molar-refractivity contribution in [3.05, 3.63) is 254 Å². The molecule has 10 aromatic carbocycles. The molecule has 2 nitrogen and oxygen atoms in total. The zero-order chi connectivity index (χ0) is 43.0. The van der Waals surface area contributed by atoms with E-state index in [0.29, 0.717) is 0 Å². The maximum atomic E-state index is 2.48. The van der Waals surface area contributed by atoms with Crippen LogP contribution in [0.4, 0.5) is 17.1 Å². The molecule has 1 aromatic heterocycles. The molecule has 1 heterocycles. The molecule has 0 aliphatic rings. The first-order valence-corrected chi connectivity index (χ1v) is 22.1. The van der Waals surface area contributed by atoms with Crippen LogP contribution in [0.1, 0.15) is 11.1 Å². The normalized spacial score (nSPS) is 11.3. The van der Waals surface area contributed by atoms with Gasteiger partial charge in [0.15, 0.2) is 0 Å². The quantitative estimate of drug-likeness (QED) is 0.141. The fourth-order valence-electron chi connectivity index (χ4n) is 9.71. The Morgan fingerprint density at radius 3 is 1.27 bits per heavy atom. The first-order valence-electron chi connectivity index (χ1n) is 22.1. The Labute approximate surface area is 375 Å². The van der Waals surface area contributed by atoms with Gasteiger partial charge >= 0.3 is 0 Å². The lowest BCUT2D eigenvalue weighted by atomic mass is 9.81. The predicted molar refractivity (Wildman–Crippen MR) is 272 cm³/mol. The largest absolute Gasteiger partial charge is 0.311 e. The van der Waals surface area contributed by atoms with Crippen molar-refractivity contribution in [3.63, 3.8) is 0 Å². The second-order valence-corrected chi connectivity index (χ2v) is 16.6. The minimum atomic E-state index is 1.08. The topological polar surface area (TPSA) is 8.17 Å². The van der Waals surface area contributed by atoms with Crippen LogP contribution in [-0.4, -0.2) is 4.57 Å². The Hall–Kier alpha value is -8.20. The van der Waals surface area contributed by atoms with Crippen molar-refractivity contribution in [3.8, 4) is 61.3 Å². The maximum Gasteiger partial charge on any atom is 0.0583 e. The summed E-state index contributed by atoms with van der Waals surface area (Å²) in [5.74, 6) is 0. The number of fused-ring (bicyclic) bond motifs is 3. The summed E-state index contributed by atoms with van der Waals surface area (Å²) in [4.78, 5) is 2.37. The van der Waals surface area contributed by atoms with Crippen molar-refractivity contribution in [1.29, 1.82) is 0 Å². The van der Waals surface area contributed by atoms with Crippen LogP contribution in [-0.2, 0) is 0 Å². The van der Waals surface area contributed by atoms with Crippen LogP contribution in [0.3, 0.4) is 0 Å². The van der Waals surface area contributed by atoms with Gasteiger partial charge in [-0.3, -0.25) is 0 Å². The molecule has 0 bridgehead atoms. The standard InChI is InChI=1S/C62H46N2/c1-43-19-15-16-28-55(43)58-44(2)62-61(56-29-17-18-30-57(56)64(62)51-26-13-6-14-27-51)60(49-24-11-5-12-25-49)59(58)50-35-41-54(42-36-50)63(52-37-31-47(32-38-52)45-20-7-3-8-21-45)53-39-33-48(34-40-53)46-22-9-4-10-23-46/h3-42H,1-2H3. The molecule has 0 aliphatic heterocycles. The smallest absolute Gasteiger partial charge is 0.0583 e. The van der Waals surface area contributed by atoms with E-state index in [-0.39, 0.29) is 0 Å². The fraction of sp³-hybridized carbons (Fsp3) is 0.0323. The Morgan fingerprint density at radius 1 is 0.328 bits per heavy atom. The summed E-state index contributed by atoms with van der Waals surface area (Å²) in [7, 11) is 0. The third-order valence-electron chi connectivity index (χ3n) is 12.7. The van der Waals surface area contributed by atoms with Crippen molar-refractivity contribution in [2.24, 2.45) is 0 Å². The van der Waals surface area contributed by atoms with Crippen molar-refractivity contribution in [1.82, 2.24) is 4.57 Å². The van der Waals surface area contributed by atoms with Crippen molar-refractivity contribution in [2.45, 2.75) is 13.8 Å². The molecule has 0 aliphatic carbocycles. The van der Waals surface area contributed by atoms with E-state index in [0.717, 1.165) is 22.7 Å². The monoisotopic (exact) mass is 818 g/mol. The number of benzene rings is 10. The predicted octanol–water partition coefficient (Wildman–Crippen LogP) is 17.2. The summed E-state index contributed by atoms with van der Waals surface area (Å²) in [6.07, 6.45) is 0. The summed E-state index contributed by atoms with van der Waals surface area (Å²) in [6, 6.07) is 88.0. The summed E-state index contributed by atoms with van der Waals surface area (Å²) in [5.41, 5.74) is 21.5. The van der Waals surface area contributed by atoms with E-state index in [2.05, 4.69) is 266 Å². The molecule has 0 atom stereocenters. The highest BCUT2D eigenvalue weighted by atomic mass is 15.1. The van der Waals surface area contributed by atoms with Gasteiger partial charge in [0.2, 0.25) is 0 Å². The highest BCUT2D eigenvalue weighted by Gasteiger charge is 2.27. The lowest BCUT2D eigenvalue weighted by molar-refractivity contribution is 1.17. The number of hydrogen-bond donors (Lipinski definition) is 0. The molecule has 11 aromatic rings. The van der Waals surface area contributed by atoms with Crippen LogP contribution in [0.25, 0.3) is 83.1 Å². The molecule has 0 spiro atoms. The molecule has 0 fully saturated rings. The number of hydrogen-bond acceptors (Lipinski definition) is 1. The van der Waals surface area contributed by atoms with Crippen LogP contribution >= 0.6 is 0 Å². The summed E-state index contributed by atoms with van der Waals surface area (Å²) in [6.45, 7) is 4.57. The van der Waals surface area contributed by atoms with E-state index in [1.54, 1.807) is 0 Å². The van der Waals surface area contributed by atoms with E-state index in [1.165, 1.54) is 88.6 Å². The van der Waals surface area contributed by atoms with Gasteiger partial charge in [0.25, 0.3) is 0 Å². The van der Waals surface area contributed by atoms with Gasteiger partial charge < -0.3 is 9.47 Å². The first kappa shape index (κ1) is 38.7. The van der Waals surface area contributed by atoms with E-state index >= 15 is 0 Å². The summed E-state index contributed by atoms with van der Waals surface area (Å²) >= 11 is 0. The first-order chi connectivity index (χ1) is 31.6. The molecule has 2 heteroatoms. The minimum absolute atomic E-state index is 1.08. The van der Waals surface area contributed by atoms with Gasteiger partial charge in [-0.2, -0.15) is 0 Å². The van der Waals surface area contributed by atoms with Crippen LogP contribution in [0.15, 0.2) is 243 Å². The lowest BCUT2D eigenvalue weighted by Gasteiger charge is -2.27. The molecule has 0 radical (unpaired) electrons. The molecule has 11 rings (SSSR count). The van der Waals surface area contributed by atoms with Crippen molar-refractivity contribution >= 4 is 38.9 Å². The van der Waals surface area contributed by atoms with E-state index in [1.807, 2.05) is 0 Å². The van der Waals surface area contributed by atoms with Gasteiger partial charge in [0.1, 0.15) is 0 Å². The highest BCUT2D eigenvalue weighted by molar-refractivity contribution is 6.22. The molecule has 0 saturated carbocycles. The van der Waals surface area contributed by atoms with Crippen LogP contribution in [0.2, 0.25) is 0 Å². The zero-order valence-corrected chi connectivity index (χ0v) is 36.0. The SMILES string of the molecule is Cc1ccccc1-c1c(-c2ccc(N(c3ccc(-c4ccccc4)cc3)c3ccc(-c4ccccc4)cc3)cc2)c(-c2ccccc2)c2c3ccccc3n(-c3ccccc3)c2c1C.